The quantitative estimate of drug-likeness (QED) is 0.130. The normalized spacial score (nSPS) is 34.1. The van der Waals surface area contributed by atoms with E-state index in [0.717, 1.165) is 5.57 Å². The molecule has 1 saturated carbocycles. The number of phenols is 1. The Labute approximate surface area is 267 Å². The fourth-order valence-corrected chi connectivity index (χ4v) is 7.49. The van der Waals surface area contributed by atoms with E-state index in [9.17, 15) is 24.3 Å². The highest BCUT2D eigenvalue weighted by Crippen LogP contribution is 2.72. The number of carbonyl (C=O) groups is 4. The van der Waals surface area contributed by atoms with Crippen molar-refractivity contribution in [3.63, 3.8) is 0 Å². The predicted octanol–water partition coefficient (Wildman–Crippen LogP) is 3.67. The molecule has 12 heteroatoms. The van der Waals surface area contributed by atoms with Crippen molar-refractivity contribution in [2.24, 2.45) is 16.7 Å². The van der Waals surface area contributed by atoms with Crippen molar-refractivity contribution in [1.29, 1.82) is 0 Å². The second kappa shape index (κ2) is 12.4. The number of rotatable bonds is 10. The molecule has 0 amide bonds. The van der Waals surface area contributed by atoms with Crippen molar-refractivity contribution in [3.8, 4) is 11.5 Å². The van der Waals surface area contributed by atoms with E-state index in [1.165, 1.54) is 39.2 Å². The summed E-state index contributed by atoms with van der Waals surface area (Å²) in [5, 5.41) is 9.89. The van der Waals surface area contributed by atoms with Gasteiger partial charge in [-0.05, 0) is 42.2 Å². The Morgan fingerprint density at radius 1 is 1.11 bits per heavy atom. The number of hydrogen-bond donors (Lipinski definition) is 1. The van der Waals surface area contributed by atoms with Crippen LogP contribution in [0, 0.1) is 16.7 Å². The highest BCUT2D eigenvalue weighted by Gasteiger charge is 2.87. The first-order valence-corrected chi connectivity index (χ1v) is 15.4. The summed E-state index contributed by atoms with van der Waals surface area (Å²) in [5.41, 5.74) is -1.93. The molecule has 2 bridgehead atoms. The SMILES string of the molecule is COc1cc(/C=C/C(=O)O[C@@H]2[C@@H](OC(C)=O)[C@]3(C)[C@@]4(COC(C)=O)C[C@H](OC(=O)CC(C)C)C(C)=C[C@H]4O[C@H]2[C@@]32CO2)ccc1O. The number of epoxide rings is 1. The summed E-state index contributed by atoms with van der Waals surface area (Å²) in [5.74, 6) is -1.94. The molecule has 0 aromatic heterocycles. The summed E-state index contributed by atoms with van der Waals surface area (Å²) in [6, 6.07) is 4.60. The molecule has 3 fully saturated rings. The van der Waals surface area contributed by atoms with Crippen molar-refractivity contribution in [2.75, 3.05) is 20.3 Å². The molecule has 1 aromatic rings. The van der Waals surface area contributed by atoms with Crippen molar-refractivity contribution >= 4 is 30.0 Å². The molecule has 1 N–H and O–H groups in total. The molecule has 2 aliphatic heterocycles. The van der Waals surface area contributed by atoms with Gasteiger partial charge in [0.15, 0.2) is 23.7 Å². The fourth-order valence-electron chi connectivity index (χ4n) is 7.49. The lowest BCUT2D eigenvalue weighted by Gasteiger charge is -2.58. The molecule has 1 aromatic carbocycles. The van der Waals surface area contributed by atoms with Crippen molar-refractivity contribution < 1.29 is 57.4 Å². The number of methoxy groups -OCH3 is 1. The molecule has 4 aliphatic rings. The smallest absolute Gasteiger partial charge is 0.331 e. The third kappa shape index (κ3) is 5.66. The molecule has 0 unspecified atom stereocenters. The van der Waals surface area contributed by atoms with Gasteiger partial charge < -0.3 is 38.3 Å². The Morgan fingerprint density at radius 2 is 1.83 bits per heavy atom. The monoisotopic (exact) mass is 642 g/mol. The minimum absolute atomic E-state index is 0.0461. The molecular formula is C34H42O12. The van der Waals surface area contributed by atoms with E-state index in [0.29, 0.717) is 5.56 Å². The largest absolute Gasteiger partial charge is 0.504 e. The van der Waals surface area contributed by atoms with E-state index in [2.05, 4.69) is 0 Å². The van der Waals surface area contributed by atoms with Crippen molar-refractivity contribution in [2.45, 2.75) is 90.5 Å². The highest BCUT2D eigenvalue weighted by atomic mass is 16.7. The average molecular weight is 643 g/mol. The van der Waals surface area contributed by atoms with Crippen LogP contribution in [-0.2, 0) is 47.6 Å². The number of phenolic OH excluding ortho intramolecular Hbond substituents is 1. The van der Waals surface area contributed by atoms with Gasteiger partial charge in [-0.3, -0.25) is 14.4 Å². The molecule has 5 rings (SSSR count). The van der Waals surface area contributed by atoms with Gasteiger partial charge in [-0.25, -0.2) is 4.79 Å². The summed E-state index contributed by atoms with van der Waals surface area (Å²) < 4.78 is 41.7. The summed E-state index contributed by atoms with van der Waals surface area (Å²) in [4.78, 5) is 51.0. The lowest BCUT2D eigenvalue weighted by molar-refractivity contribution is -0.241. The van der Waals surface area contributed by atoms with Crippen LogP contribution < -0.4 is 4.74 Å². The Balaban J connectivity index is 1.53. The van der Waals surface area contributed by atoms with Crippen LogP contribution in [0.25, 0.3) is 6.08 Å². The van der Waals surface area contributed by atoms with E-state index in [1.807, 2.05) is 33.8 Å². The molecule has 2 aliphatic carbocycles. The first kappa shape index (κ1) is 33.5. The van der Waals surface area contributed by atoms with E-state index in [4.69, 9.17) is 33.2 Å². The number of ether oxygens (including phenoxy) is 7. The fraction of sp³-hybridized carbons (Fsp3) is 0.588. The second-order valence-corrected chi connectivity index (χ2v) is 13.2. The number of benzene rings is 1. The lowest BCUT2D eigenvalue weighted by Crippen LogP contribution is -2.68. The molecular weight excluding hydrogens is 600 g/mol. The van der Waals surface area contributed by atoms with E-state index >= 15 is 0 Å². The van der Waals surface area contributed by atoms with Crippen LogP contribution in [0.3, 0.4) is 0 Å². The predicted molar refractivity (Wildman–Crippen MR) is 161 cm³/mol. The maximum atomic E-state index is 13.3. The molecule has 2 heterocycles. The zero-order valence-electron chi connectivity index (χ0n) is 27.2. The van der Waals surface area contributed by atoms with E-state index in [1.54, 1.807) is 12.1 Å². The highest BCUT2D eigenvalue weighted by molar-refractivity contribution is 5.87. The topological polar surface area (TPSA) is 156 Å². The van der Waals surface area contributed by atoms with Crippen molar-refractivity contribution in [3.05, 3.63) is 41.5 Å². The Bertz CT molecular complexity index is 1460. The van der Waals surface area contributed by atoms with Crippen molar-refractivity contribution in [1.82, 2.24) is 0 Å². The maximum absolute atomic E-state index is 13.3. The second-order valence-electron chi connectivity index (χ2n) is 13.2. The Hall–Kier alpha value is -3.90. The Kier molecular flexibility index (Phi) is 9.00. The number of aromatic hydroxyl groups is 1. The van der Waals surface area contributed by atoms with Gasteiger partial charge in [-0.1, -0.05) is 32.9 Å². The number of fused-ring (bicyclic) bond motifs is 2. The minimum Gasteiger partial charge on any atom is -0.504 e. The maximum Gasteiger partial charge on any atom is 0.331 e. The van der Waals surface area contributed by atoms with Crippen LogP contribution in [0.5, 0.6) is 11.5 Å². The molecule has 8 atom stereocenters. The molecule has 0 radical (unpaired) electrons. The van der Waals surface area contributed by atoms with Gasteiger partial charge in [0.1, 0.15) is 24.4 Å². The van der Waals surface area contributed by atoms with E-state index < -0.39 is 64.9 Å². The number of hydrogen-bond acceptors (Lipinski definition) is 12. The zero-order chi connectivity index (χ0) is 33.6. The average Bonchev–Trinajstić information content (AvgIpc) is 3.76. The molecule has 46 heavy (non-hydrogen) atoms. The summed E-state index contributed by atoms with van der Waals surface area (Å²) >= 11 is 0. The third-order valence-electron chi connectivity index (χ3n) is 9.85. The molecule has 12 nitrogen and oxygen atoms in total. The summed E-state index contributed by atoms with van der Waals surface area (Å²) in [7, 11) is 1.42. The summed E-state index contributed by atoms with van der Waals surface area (Å²) in [6.07, 6.45) is 0.661. The van der Waals surface area contributed by atoms with Gasteiger partial charge in [-0.15, -0.1) is 0 Å². The van der Waals surface area contributed by atoms with Crippen LogP contribution in [0.4, 0.5) is 0 Å². The van der Waals surface area contributed by atoms with E-state index in [-0.39, 0.29) is 49.4 Å². The Morgan fingerprint density at radius 3 is 2.43 bits per heavy atom. The van der Waals surface area contributed by atoms with Gasteiger partial charge in [-0.2, -0.15) is 0 Å². The standard InChI is InChI=1S/C34H42O12/c1-18(2)12-28(39)44-25-15-33(16-41-20(4)35)26(13-19(25)3)45-31-29(30(43-21(5)36)32(33,6)34(31)17-42-34)46-27(38)11-9-22-8-10-23(37)24(14-22)40-7/h8-11,13-14,18,25-26,29-31,37H,12,15-17H2,1-7H3/b11-9+/t25-,26+,29+,30+,31+,32+,33+,34-/m0/s1. The van der Waals surface area contributed by atoms with Crippen LogP contribution >= 0.6 is 0 Å². The van der Waals surface area contributed by atoms with Crippen LogP contribution in [0.2, 0.25) is 0 Å². The summed E-state index contributed by atoms with van der Waals surface area (Å²) in [6.45, 7) is 10.2. The lowest BCUT2D eigenvalue weighted by atomic mass is 9.51. The van der Waals surface area contributed by atoms with Gasteiger partial charge in [0, 0.05) is 32.8 Å². The van der Waals surface area contributed by atoms with Gasteiger partial charge in [0.25, 0.3) is 0 Å². The molecule has 1 spiro atoms. The number of carbonyl (C=O) groups excluding carboxylic acids is 4. The van der Waals surface area contributed by atoms with Crippen LogP contribution in [0.15, 0.2) is 35.9 Å². The number of esters is 4. The van der Waals surface area contributed by atoms with Gasteiger partial charge >= 0.3 is 23.9 Å². The van der Waals surface area contributed by atoms with Crippen LogP contribution in [-0.4, -0.2) is 85.4 Å². The first-order valence-electron chi connectivity index (χ1n) is 15.4. The minimum atomic E-state index is -1.12. The first-order chi connectivity index (χ1) is 21.7. The zero-order valence-corrected chi connectivity index (χ0v) is 27.2. The molecule has 250 valence electrons. The van der Waals surface area contributed by atoms with Gasteiger partial charge in [0.05, 0.1) is 30.7 Å². The van der Waals surface area contributed by atoms with Gasteiger partial charge in [0.2, 0.25) is 0 Å². The van der Waals surface area contributed by atoms with Crippen LogP contribution in [0.1, 0.15) is 59.9 Å². The molecule has 2 saturated heterocycles. The third-order valence-corrected chi connectivity index (χ3v) is 9.85.